The average Bonchev–Trinajstić information content (AvgIpc) is 2.82. The van der Waals surface area contributed by atoms with Gasteiger partial charge in [0.1, 0.15) is 0 Å². The molecule has 1 aliphatic heterocycles. The molecule has 1 heterocycles. The molecule has 1 saturated heterocycles. The van der Waals surface area contributed by atoms with E-state index in [1.54, 1.807) is 6.07 Å². The fourth-order valence-electron chi connectivity index (χ4n) is 3.43. The number of aliphatic imine (C=N–C) groups is 1. The van der Waals surface area contributed by atoms with Crippen LogP contribution in [0, 0.1) is 12.3 Å². The lowest BCUT2D eigenvalue weighted by Gasteiger charge is -2.27. The van der Waals surface area contributed by atoms with Crippen LogP contribution in [0.3, 0.4) is 0 Å². The molecule has 0 radical (unpaired) electrons. The summed E-state index contributed by atoms with van der Waals surface area (Å²) >= 11 is 0. The van der Waals surface area contributed by atoms with Gasteiger partial charge in [0, 0.05) is 37.4 Å². The normalized spacial score (nSPS) is 14.4. The number of carbonyl (C=O) groups is 1. The molecule has 3 N–H and O–H groups in total. The molecule has 0 aromatic heterocycles. The molecule has 1 aliphatic rings. The van der Waals surface area contributed by atoms with E-state index in [-0.39, 0.29) is 12.5 Å². The number of anilines is 1. The molecule has 1 fully saturated rings. The van der Waals surface area contributed by atoms with Crippen LogP contribution >= 0.6 is 0 Å². The Labute approximate surface area is 190 Å². The van der Waals surface area contributed by atoms with Gasteiger partial charge in [0.2, 0.25) is 5.91 Å². The van der Waals surface area contributed by atoms with Gasteiger partial charge in [-0.15, -0.1) is 6.42 Å². The number of hydrogen-bond donors (Lipinski definition) is 3. The zero-order chi connectivity index (χ0) is 22.6. The minimum Gasteiger partial charge on any atom is -0.379 e. The summed E-state index contributed by atoms with van der Waals surface area (Å²) in [5.41, 5.74) is 3.83. The molecule has 7 heteroatoms. The van der Waals surface area contributed by atoms with Gasteiger partial charge in [-0.1, -0.05) is 36.3 Å². The number of guanidine groups is 1. The lowest BCUT2D eigenvalue weighted by atomic mass is 10.1. The van der Waals surface area contributed by atoms with Crippen LogP contribution in [0.15, 0.2) is 53.5 Å². The number of benzene rings is 2. The Morgan fingerprint density at radius 2 is 1.91 bits per heavy atom. The number of nitrogens with zero attached hydrogens (tertiary/aromatic N) is 2. The van der Waals surface area contributed by atoms with Crippen LogP contribution in [0.4, 0.5) is 5.69 Å². The maximum absolute atomic E-state index is 12.3. The first-order valence-electron chi connectivity index (χ1n) is 10.9. The Morgan fingerprint density at radius 1 is 1.12 bits per heavy atom. The van der Waals surface area contributed by atoms with Gasteiger partial charge in [0.05, 0.1) is 26.3 Å². The maximum atomic E-state index is 12.3. The highest BCUT2D eigenvalue weighted by molar-refractivity contribution is 5.95. The van der Waals surface area contributed by atoms with Crippen molar-refractivity contribution in [3.05, 3.63) is 65.2 Å². The third-order valence-corrected chi connectivity index (χ3v) is 5.10. The topological polar surface area (TPSA) is 78.0 Å². The van der Waals surface area contributed by atoms with E-state index in [0.29, 0.717) is 24.7 Å². The number of terminal acetylenes is 1. The summed E-state index contributed by atoms with van der Waals surface area (Å²) in [6.45, 7) is 7.67. The Morgan fingerprint density at radius 3 is 2.66 bits per heavy atom. The Kier molecular flexibility index (Phi) is 9.11. The summed E-state index contributed by atoms with van der Waals surface area (Å²) in [7, 11) is 0. The number of ether oxygens (including phenoxy) is 1. The highest BCUT2D eigenvalue weighted by Crippen LogP contribution is 2.14. The molecular formula is C25H31N5O2. The standard InChI is InChI=1S/C25H31N5O2/c1-3-20-8-7-11-23(16-20)29-24(31)18-28-25(26-4-2)27-17-21-9-5-6-10-22(21)19-30-12-14-32-15-13-30/h1,5-11,16H,4,12-15,17-19H2,2H3,(H,29,31)(H2,26,27,28). The van der Waals surface area contributed by atoms with Crippen LogP contribution < -0.4 is 16.0 Å². The molecule has 0 bridgehead atoms. The SMILES string of the molecule is C#Cc1cccc(NC(=O)CNC(=NCc2ccccc2CN2CCOCC2)NCC)c1. The van der Waals surface area contributed by atoms with Crippen LogP contribution in [-0.2, 0) is 22.6 Å². The number of carbonyl (C=O) groups excluding carboxylic acids is 1. The van der Waals surface area contributed by atoms with Crippen molar-refractivity contribution in [3.8, 4) is 12.3 Å². The van der Waals surface area contributed by atoms with Crippen LogP contribution in [0.5, 0.6) is 0 Å². The van der Waals surface area contributed by atoms with Gasteiger partial charge >= 0.3 is 0 Å². The van der Waals surface area contributed by atoms with E-state index >= 15 is 0 Å². The summed E-state index contributed by atoms with van der Waals surface area (Å²) in [6.07, 6.45) is 5.42. The molecule has 2 aromatic rings. The fourth-order valence-corrected chi connectivity index (χ4v) is 3.43. The monoisotopic (exact) mass is 433 g/mol. The third-order valence-electron chi connectivity index (χ3n) is 5.10. The predicted molar refractivity (Wildman–Crippen MR) is 128 cm³/mol. The second-order valence-electron chi connectivity index (χ2n) is 7.48. The fraction of sp³-hybridized carbons (Fsp3) is 0.360. The summed E-state index contributed by atoms with van der Waals surface area (Å²) < 4.78 is 5.45. The molecule has 2 aromatic carbocycles. The molecule has 0 unspecified atom stereocenters. The maximum Gasteiger partial charge on any atom is 0.243 e. The first-order valence-corrected chi connectivity index (χ1v) is 10.9. The van der Waals surface area contributed by atoms with Crippen molar-refractivity contribution >= 4 is 17.6 Å². The van der Waals surface area contributed by atoms with Crippen LogP contribution in [0.25, 0.3) is 0 Å². The summed E-state index contributed by atoms with van der Waals surface area (Å²) in [6, 6.07) is 15.6. The molecular weight excluding hydrogens is 402 g/mol. The molecule has 3 rings (SSSR count). The molecule has 1 amide bonds. The van der Waals surface area contributed by atoms with E-state index in [4.69, 9.17) is 11.2 Å². The zero-order valence-corrected chi connectivity index (χ0v) is 18.6. The second kappa shape index (κ2) is 12.5. The minimum atomic E-state index is -0.169. The van der Waals surface area contributed by atoms with Crippen molar-refractivity contribution in [1.29, 1.82) is 0 Å². The second-order valence-corrected chi connectivity index (χ2v) is 7.48. The van der Waals surface area contributed by atoms with Crippen molar-refractivity contribution in [2.75, 3.05) is 44.7 Å². The molecule has 168 valence electrons. The summed E-state index contributed by atoms with van der Waals surface area (Å²) in [5.74, 6) is 2.99. The van der Waals surface area contributed by atoms with Gasteiger partial charge in [-0.25, -0.2) is 4.99 Å². The van der Waals surface area contributed by atoms with Crippen LogP contribution in [-0.4, -0.2) is 56.2 Å². The van der Waals surface area contributed by atoms with Crippen molar-refractivity contribution < 1.29 is 9.53 Å². The van der Waals surface area contributed by atoms with Gasteiger partial charge in [-0.2, -0.15) is 0 Å². The third kappa shape index (κ3) is 7.41. The lowest BCUT2D eigenvalue weighted by Crippen LogP contribution is -2.41. The number of nitrogens with one attached hydrogen (secondary N) is 3. The number of hydrogen-bond acceptors (Lipinski definition) is 4. The van der Waals surface area contributed by atoms with Gasteiger partial charge < -0.3 is 20.7 Å². The van der Waals surface area contributed by atoms with Gasteiger partial charge in [-0.3, -0.25) is 9.69 Å². The Bertz CT molecular complexity index is 961. The van der Waals surface area contributed by atoms with Gasteiger partial charge in [0.15, 0.2) is 5.96 Å². The van der Waals surface area contributed by atoms with Crippen LogP contribution in [0.1, 0.15) is 23.6 Å². The Hall–Kier alpha value is -3.34. The smallest absolute Gasteiger partial charge is 0.243 e. The van der Waals surface area contributed by atoms with E-state index < -0.39 is 0 Å². The summed E-state index contributed by atoms with van der Waals surface area (Å²) in [5, 5.41) is 9.14. The average molecular weight is 434 g/mol. The molecule has 0 spiro atoms. The Balaban J connectivity index is 1.57. The highest BCUT2D eigenvalue weighted by Gasteiger charge is 2.13. The quantitative estimate of drug-likeness (QED) is 0.338. The van der Waals surface area contributed by atoms with Crippen molar-refractivity contribution in [3.63, 3.8) is 0 Å². The van der Waals surface area contributed by atoms with Crippen molar-refractivity contribution in [2.24, 2.45) is 4.99 Å². The lowest BCUT2D eigenvalue weighted by molar-refractivity contribution is -0.115. The van der Waals surface area contributed by atoms with E-state index in [9.17, 15) is 4.79 Å². The number of rotatable bonds is 8. The van der Waals surface area contributed by atoms with E-state index in [0.717, 1.165) is 38.4 Å². The highest BCUT2D eigenvalue weighted by atomic mass is 16.5. The largest absolute Gasteiger partial charge is 0.379 e. The van der Waals surface area contributed by atoms with E-state index in [1.165, 1.54) is 11.1 Å². The zero-order valence-electron chi connectivity index (χ0n) is 18.6. The molecule has 0 aliphatic carbocycles. The van der Waals surface area contributed by atoms with Crippen molar-refractivity contribution in [1.82, 2.24) is 15.5 Å². The predicted octanol–water partition coefficient (Wildman–Crippen LogP) is 2.19. The summed E-state index contributed by atoms with van der Waals surface area (Å²) in [4.78, 5) is 19.4. The molecule has 0 saturated carbocycles. The van der Waals surface area contributed by atoms with Gasteiger partial charge in [0.25, 0.3) is 0 Å². The number of morpholine rings is 1. The first kappa shape index (κ1) is 23.3. The van der Waals surface area contributed by atoms with E-state index in [2.05, 4.69) is 50.0 Å². The first-order chi connectivity index (χ1) is 15.7. The van der Waals surface area contributed by atoms with Gasteiger partial charge in [-0.05, 0) is 36.2 Å². The molecule has 32 heavy (non-hydrogen) atoms. The molecule has 7 nitrogen and oxygen atoms in total. The number of amides is 1. The molecule has 0 atom stereocenters. The minimum absolute atomic E-state index is 0.0987. The van der Waals surface area contributed by atoms with Crippen LogP contribution in [0.2, 0.25) is 0 Å². The van der Waals surface area contributed by atoms with Crippen molar-refractivity contribution in [2.45, 2.75) is 20.0 Å². The van der Waals surface area contributed by atoms with E-state index in [1.807, 2.05) is 31.2 Å².